The fraction of sp³-hybridized carbons (Fsp3) is 0.625. The molecule has 1 fully saturated rings. The molecule has 0 saturated carbocycles. The molecule has 5 nitrogen and oxygen atoms in total. The van der Waals surface area contributed by atoms with E-state index in [1.165, 1.54) is 0 Å². The Labute approximate surface area is 133 Å². The number of piperidine rings is 1. The maximum Gasteiger partial charge on any atom is 0.211 e. The zero-order valence-corrected chi connectivity index (χ0v) is 14.0. The lowest BCUT2D eigenvalue weighted by Crippen LogP contribution is -2.36. The van der Waals surface area contributed by atoms with Crippen LogP contribution in [-0.2, 0) is 16.6 Å². The van der Waals surface area contributed by atoms with Crippen LogP contribution in [0.1, 0.15) is 31.7 Å². The Hall–Kier alpha value is -1.11. The summed E-state index contributed by atoms with van der Waals surface area (Å²) in [5.74, 6) is 0.979. The second-order valence-corrected chi connectivity index (χ2v) is 8.10. The topological polar surface area (TPSA) is 69.6 Å². The second kappa shape index (κ2) is 7.94. The molecule has 0 aliphatic carbocycles. The van der Waals surface area contributed by atoms with Gasteiger partial charge in [0.15, 0.2) is 0 Å². The maximum absolute atomic E-state index is 11.4. The van der Waals surface area contributed by atoms with Gasteiger partial charge in [0.25, 0.3) is 0 Å². The predicted octanol–water partition coefficient (Wildman–Crippen LogP) is 1.93. The van der Waals surface area contributed by atoms with Crippen molar-refractivity contribution in [2.24, 2.45) is 5.92 Å². The number of hydrogen-bond donors (Lipinski definition) is 2. The molecule has 0 spiro atoms. The third-order valence-electron chi connectivity index (χ3n) is 4.17. The molecule has 124 valence electrons. The van der Waals surface area contributed by atoms with E-state index in [9.17, 15) is 13.5 Å². The highest BCUT2D eigenvalue weighted by atomic mass is 32.2. The smallest absolute Gasteiger partial charge is 0.211 e. The molecule has 1 atom stereocenters. The van der Waals surface area contributed by atoms with Crippen molar-refractivity contribution in [2.75, 3.05) is 25.4 Å². The fourth-order valence-electron chi connectivity index (χ4n) is 2.96. The molecular weight excluding hydrogens is 300 g/mol. The minimum Gasteiger partial charge on any atom is -0.508 e. The third-order valence-corrected chi connectivity index (χ3v) is 5.58. The van der Waals surface area contributed by atoms with Crippen molar-refractivity contribution < 1.29 is 13.5 Å². The highest BCUT2D eigenvalue weighted by Crippen LogP contribution is 2.22. The summed E-state index contributed by atoms with van der Waals surface area (Å²) in [4.78, 5) is 2.39. The van der Waals surface area contributed by atoms with Gasteiger partial charge < -0.3 is 5.11 Å². The average Bonchev–Trinajstić information content (AvgIpc) is 2.47. The molecule has 0 aromatic heterocycles. The van der Waals surface area contributed by atoms with Gasteiger partial charge in [-0.1, -0.05) is 12.1 Å². The van der Waals surface area contributed by atoms with Gasteiger partial charge in [-0.25, -0.2) is 13.1 Å². The van der Waals surface area contributed by atoms with Gasteiger partial charge in [-0.3, -0.25) is 4.90 Å². The Morgan fingerprint density at radius 1 is 1.41 bits per heavy atom. The number of phenolic OH excluding ortho intramolecular Hbond substituents is 1. The first-order valence-corrected chi connectivity index (χ1v) is 9.61. The van der Waals surface area contributed by atoms with Gasteiger partial charge in [0.1, 0.15) is 5.75 Å². The Kier molecular flexibility index (Phi) is 6.23. The van der Waals surface area contributed by atoms with Crippen LogP contribution in [0.4, 0.5) is 0 Å². The first-order valence-electron chi connectivity index (χ1n) is 7.96. The highest BCUT2D eigenvalue weighted by Gasteiger charge is 2.20. The van der Waals surface area contributed by atoms with Crippen molar-refractivity contribution in [3.8, 4) is 5.75 Å². The van der Waals surface area contributed by atoms with E-state index in [0.29, 0.717) is 18.2 Å². The molecule has 0 bridgehead atoms. The van der Waals surface area contributed by atoms with Crippen LogP contribution in [0.2, 0.25) is 0 Å². The second-order valence-electron chi connectivity index (χ2n) is 6.00. The molecule has 1 aliphatic heterocycles. The summed E-state index contributed by atoms with van der Waals surface area (Å²) < 4.78 is 25.5. The van der Waals surface area contributed by atoms with Crippen molar-refractivity contribution in [1.29, 1.82) is 0 Å². The van der Waals surface area contributed by atoms with Crippen LogP contribution in [0.3, 0.4) is 0 Å². The highest BCUT2D eigenvalue weighted by molar-refractivity contribution is 7.89. The van der Waals surface area contributed by atoms with Gasteiger partial charge >= 0.3 is 0 Å². The zero-order chi connectivity index (χ0) is 16.0. The molecule has 0 unspecified atom stereocenters. The summed E-state index contributed by atoms with van der Waals surface area (Å²) in [5.41, 5.74) is 1.12. The van der Waals surface area contributed by atoms with Crippen LogP contribution < -0.4 is 4.72 Å². The first-order chi connectivity index (χ1) is 10.5. The lowest BCUT2D eigenvalue weighted by molar-refractivity contribution is 0.162. The number of likely N-dealkylation sites (tertiary alicyclic amines) is 1. The maximum atomic E-state index is 11.4. The Bertz CT molecular complexity index is 575. The van der Waals surface area contributed by atoms with E-state index < -0.39 is 10.0 Å². The van der Waals surface area contributed by atoms with Gasteiger partial charge in [0.05, 0.1) is 5.75 Å². The van der Waals surface area contributed by atoms with Crippen LogP contribution in [0.25, 0.3) is 0 Å². The van der Waals surface area contributed by atoms with E-state index in [1.807, 2.05) is 12.1 Å². The molecule has 2 N–H and O–H groups in total. The third kappa shape index (κ3) is 5.59. The Morgan fingerprint density at radius 2 is 2.23 bits per heavy atom. The number of benzene rings is 1. The van der Waals surface area contributed by atoms with Crippen LogP contribution in [-0.4, -0.2) is 43.8 Å². The largest absolute Gasteiger partial charge is 0.508 e. The van der Waals surface area contributed by atoms with Crippen LogP contribution in [0.15, 0.2) is 24.3 Å². The Morgan fingerprint density at radius 3 is 2.95 bits per heavy atom. The normalized spacial score (nSPS) is 20.1. The van der Waals surface area contributed by atoms with E-state index >= 15 is 0 Å². The number of aromatic hydroxyl groups is 1. The van der Waals surface area contributed by atoms with Crippen molar-refractivity contribution in [2.45, 2.75) is 32.7 Å². The molecule has 1 aromatic rings. The molecular formula is C16H26N2O3S. The fourth-order valence-corrected chi connectivity index (χ4v) is 3.60. The average molecular weight is 326 g/mol. The number of nitrogens with one attached hydrogen (secondary N) is 1. The van der Waals surface area contributed by atoms with Crippen LogP contribution in [0.5, 0.6) is 5.75 Å². The monoisotopic (exact) mass is 326 g/mol. The molecule has 1 aliphatic rings. The first kappa shape index (κ1) is 17.2. The van der Waals surface area contributed by atoms with Crippen molar-refractivity contribution >= 4 is 10.0 Å². The summed E-state index contributed by atoms with van der Waals surface area (Å²) in [5, 5.41) is 9.53. The van der Waals surface area contributed by atoms with Crippen molar-refractivity contribution in [3.05, 3.63) is 29.8 Å². The zero-order valence-electron chi connectivity index (χ0n) is 13.2. The molecule has 1 saturated heterocycles. The molecule has 2 rings (SSSR count). The number of rotatable bonds is 7. The minimum atomic E-state index is -3.08. The Balaban J connectivity index is 1.79. The number of phenols is 1. The van der Waals surface area contributed by atoms with Crippen molar-refractivity contribution in [3.63, 3.8) is 0 Å². The molecule has 0 radical (unpaired) electrons. The summed E-state index contributed by atoms with van der Waals surface area (Å²) in [6.07, 6.45) is 3.18. The van der Waals surface area contributed by atoms with Gasteiger partial charge in [0.2, 0.25) is 10.0 Å². The molecule has 1 heterocycles. The summed E-state index contributed by atoms with van der Waals surface area (Å²) >= 11 is 0. The minimum absolute atomic E-state index is 0.140. The standard InChI is InChI=1S/C16H26N2O3S/c1-2-22(20,21)17-9-8-14-6-4-10-18(12-14)13-15-5-3-7-16(19)11-15/h3,5,7,11,14,17,19H,2,4,6,8-10,12-13H2,1H3/t14-/m0/s1. The van der Waals surface area contributed by atoms with Crippen LogP contribution >= 0.6 is 0 Å². The van der Waals surface area contributed by atoms with E-state index in [0.717, 1.165) is 44.5 Å². The number of hydrogen-bond acceptors (Lipinski definition) is 4. The van der Waals surface area contributed by atoms with Gasteiger partial charge in [-0.2, -0.15) is 0 Å². The van der Waals surface area contributed by atoms with E-state index in [1.54, 1.807) is 19.1 Å². The molecule has 22 heavy (non-hydrogen) atoms. The number of nitrogens with zero attached hydrogens (tertiary/aromatic N) is 1. The quantitative estimate of drug-likeness (QED) is 0.803. The van der Waals surface area contributed by atoms with E-state index in [4.69, 9.17) is 0 Å². The lowest BCUT2D eigenvalue weighted by Gasteiger charge is -2.32. The summed E-state index contributed by atoms with van der Waals surface area (Å²) in [7, 11) is -3.08. The van der Waals surface area contributed by atoms with Gasteiger partial charge in [-0.15, -0.1) is 0 Å². The SMILES string of the molecule is CCS(=O)(=O)NCC[C@@H]1CCCN(Cc2cccc(O)c2)C1. The molecule has 6 heteroatoms. The lowest BCUT2D eigenvalue weighted by atomic mass is 9.94. The van der Waals surface area contributed by atoms with Crippen molar-refractivity contribution in [1.82, 2.24) is 9.62 Å². The van der Waals surface area contributed by atoms with Gasteiger partial charge in [0, 0.05) is 19.6 Å². The van der Waals surface area contributed by atoms with Gasteiger partial charge in [-0.05, 0) is 56.3 Å². The van der Waals surface area contributed by atoms with Crippen LogP contribution in [0, 0.1) is 5.92 Å². The van der Waals surface area contributed by atoms with E-state index in [-0.39, 0.29) is 5.75 Å². The summed E-state index contributed by atoms with van der Waals surface area (Å²) in [6, 6.07) is 7.38. The molecule has 1 aromatic carbocycles. The van der Waals surface area contributed by atoms with E-state index in [2.05, 4.69) is 9.62 Å². The number of sulfonamides is 1. The summed E-state index contributed by atoms with van der Waals surface area (Å²) in [6.45, 7) is 5.07. The molecule has 0 amide bonds. The predicted molar refractivity (Wildman–Crippen MR) is 88.2 cm³/mol.